The van der Waals surface area contributed by atoms with Crippen LogP contribution in [-0.2, 0) is 20.8 Å². The van der Waals surface area contributed by atoms with Crippen LogP contribution in [-0.4, -0.2) is 70.8 Å². The minimum atomic E-state index is -0.583. The van der Waals surface area contributed by atoms with E-state index in [4.69, 9.17) is 21.7 Å². The third-order valence-electron chi connectivity index (χ3n) is 7.74. The van der Waals surface area contributed by atoms with Crippen molar-refractivity contribution in [3.8, 4) is 0 Å². The zero-order chi connectivity index (χ0) is 28.3. The molecule has 218 valence electrons. The van der Waals surface area contributed by atoms with Gasteiger partial charge < -0.3 is 19.7 Å². The lowest BCUT2D eigenvalue weighted by atomic mass is 9.85. The van der Waals surface area contributed by atoms with Crippen LogP contribution in [0.15, 0.2) is 30.3 Å². The van der Waals surface area contributed by atoms with E-state index in [2.05, 4.69) is 39.4 Å². The van der Waals surface area contributed by atoms with Crippen LogP contribution in [0.3, 0.4) is 0 Å². The lowest BCUT2D eigenvalue weighted by Gasteiger charge is -2.41. The zero-order valence-electron chi connectivity index (χ0n) is 24.5. The maximum absolute atomic E-state index is 12.9. The summed E-state index contributed by atoms with van der Waals surface area (Å²) in [5, 5.41) is 3.11. The fourth-order valence-electron chi connectivity index (χ4n) is 5.78. The lowest BCUT2D eigenvalue weighted by molar-refractivity contribution is -0.141. The monoisotopic (exact) mass is 559 g/mol. The van der Waals surface area contributed by atoms with E-state index in [0.717, 1.165) is 50.3 Å². The standard InChI is InChI=1S/C31H49N3O4S/c1-24(35)37-22-21-34(27-17-19-33(20-18-27)23-26-13-9-6-10-14-26)29(39)28(32-30(36)38-31(2,3)4)16-15-25-11-7-5-8-12-25/h6,9-10,13-14,25,27-28H,5,7-8,11-12,15-23H2,1-4H3,(H,32,36). The summed E-state index contributed by atoms with van der Waals surface area (Å²) in [5.74, 6) is 0.388. The van der Waals surface area contributed by atoms with Gasteiger partial charge in [-0.25, -0.2) is 4.79 Å². The van der Waals surface area contributed by atoms with E-state index >= 15 is 0 Å². The number of amides is 1. The van der Waals surface area contributed by atoms with E-state index in [9.17, 15) is 9.59 Å². The molecule has 1 aromatic rings. The summed E-state index contributed by atoms with van der Waals surface area (Å²) in [7, 11) is 0. The highest BCUT2D eigenvalue weighted by Gasteiger charge is 2.32. The first-order valence-electron chi connectivity index (χ1n) is 14.8. The number of carbonyl (C=O) groups excluding carboxylic acids is 2. The van der Waals surface area contributed by atoms with Crippen molar-refractivity contribution in [1.29, 1.82) is 0 Å². The molecule has 1 amide bonds. The van der Waals surface area contributed by atoms with Crippen molar-refractivity contribution in [3.63, 3.8) is 0 Å². The maximum atomic E-state index is 12.9. The third kappa shape index (κ3) is 11.4. The molecule has 3 rings (SSSR count). The predicted octanol–water partition coefficient (Wildman–Crippen LogP) is 6.10. The number of nitrogens with one attached hydrogen (secondary N) is 1. The zero-order valence-corrected chi connectivity index (χ0v) is 25.3. The van der Waals surface area contributed by atoms with Gasteiger partial charge in [0, 0.05) is 32.6 Å². The number of piperidine rings is 1. The third-order valence-corrected chi connectivity index (χ3v) is 8.26. The molecule has 1 aromatic carbocycles. The molecule has 8 heteroatoms. The number of hydrogen-bond donors (Lipinski definition) is 1. The van der Waals surface area contributed by atoms with Crippen LogP contribution in [0.5, 0.6) is 0 Å². The van der Waals surface area contributed by atoms with Gasteiger partial charge in [-0.05, 0) is 57.9 Å². The lowest BCUT2D eigenvalue weighted by Crippen LogP contribution is -2.54. The first-order valence-corrected chi connectivity index (χ1v) is 15.2. The van der Waals surface area contributed by atoms with Crippen LogP contribution in [0.25, 0.3) is 0 Å². The summed E-state index contributed by atoms with van der Waals surface area (Å²) >= 11 is 6.12. The first-order chi connectivity index (χ1) is 18.6. The van der Waals surface area contributed by atoms with Crippen molar-refractivity contribution in [2.75, 3.05) is 26.2 Å². The van der Waals surface area contributed by atoms with Gasteiger partial charge in [0.1, 0.15) is 17.2 Å². The quantitative estimate of drug-likeness (QED) is 0.260. The number of ether oxygens (including phenoxy) is 2. The number of thiocarbonyl (C=S) groups is 1. The molecule has 2 aliphatic rings. The Labute approximate surface area is 241 Å². The van der Waals surface area contributed by atoms with Crippen molar-refractivity contribution < 1.29 is 19.1 Å². The van der Waals surface area contributed by atoms with Crippen LogP contribution in [0.4, 0.5) is 4.79 Å². The molecule has 39 heavy (non-hydrogen) atoms. The van der Waals surface area contributed by atoms with Crippen molar-refractivity contribution in [3.05, 3.63) is 35.9 Å². The summed E-state index contributed by atoms with van der Waals surface area (Å²) in [4.78, 5) is 29.8. The summed E-state index contributed by atoms with van der Waals surface area (Å²) in [6.45, 7) is 10.7. The summed E-state index contributed by atoms with van der Waals surface area (Å²) in [6.07, 6.45) is 9.73. The molecule has 1 heterocycles. The Morgan fingerprint density at radius 2 is 1.74 bits per heavy atom. The number of esters is 1. The second-order valence-electron chi connectivity index (χ2n) is 12.1. The van der Waals surface area contributed by atoms with Gasteiger partial charge in [-0.1, -0.05) is 74.7 Å². The first kappa shape index (κ1) is 31.3. The SMILES string of the molecule is CC(=O)OCCN(C(=S)C(CCC1CCCCC1)NC(=O)OC(C)(C)C)C1CCN(Cc2ccccc2)CC1. The summed E-state index contributed by atoms with van der Waals surface area (Å²) < 4.78 is 10.9. The van der Waals surface area contributed by atoms with Crippen LogP contribution in [0.1, 0.15) is 91.0 Å². The molecule has 0 aromatic heterocycles. The van der Waals surface area contributed by atoms with Gasteiger partial charge in [0.25, 0.3) is 0 Å². The fraction of sp³-hybridized carbons (Fsp3) is 0.710. The minimum absolute atomic E-state index is 0.234. The average Bonchev–Trinajstić information content (AvgIpc) is 2.89. The molecule has 2 fully saturated rings. The Kier molecular flexibility index (Phi) is 12.5. The number of nitrogens with zero attached hydrogens (tertiary/aromatic N) is 2. The molecule has 0 radical (unpaired) electrons. The van der Waals surface area contributed by atoms with Crippen molar-refractivity contribution in [1.82, 2.24) is 15.1 Å². The molecule has 1 saturated heterocycles. The molecular formula is C31H49N3O4S. The highest BCUT2D eigenvalue weighted by atomic mass is 32.1. The number of rotatable bonds is 11. The van der Waals surface area contributed by atoms with Gasteiger partial charge in [-0.15, -0.1) is 0 Å². The Morgan fingerprint density at radius 1 is 1.08 bits per heavy atom. The van der Waals surface area contributed by atoms with Crippen molar-refractivity contribution >= 4 is 29.3 Å². The Hall–Kier alpha value is -2.19. The van der Waals surface area contributed by atoms with Crippen LogP contribution < -0.4 is 5.32 Å². The topological polar surface area (TPSA) is 71.1 Å². The van der Waals surface area contributed by atoms with Gasteiger partial charge in [0.2, 0.25) is 0 Å². The number of alkyl carbamates (subject to hydrolysis) is 1. The van der Waals surface area contributed by atoms with Gasteiger partial charge in [-0.2, -0.15) is 0 Å². The number of hydrogen-bond acceptors (Lipinski definition) is 6. The van der Waals surface area contributed by atoms with E-state index in [1.54, 1.807) is 0 Å². The summed E-state index contributed by atoms with van der Waals surface area (Å²) in [6, 6.07) is 10.5. The van der Waals surface area contributed by atoms with E-state index in [0.29, 0.717) is 12.5 Å². The van der Waals surface area contributed by atoms with Gasteiger partial charge in [0.15, 0.2) is 0 Å². The molecule has 1 unspecified atom stereocenters. The second kappa shape index (κ2) is 15.6. The van der Waals surface area contributed by atoms with E-state index in [1.165, 1.54) is 44.6 Å². The van der Waals surface area contributed by atoms with E-state index in [1.807, 2.05) is 26.8 Å². The number of likely N-dealkylation sites (tertiary alicyclic amines) is 1. The van der Waals surface area contributed by atoms with Gasteiger partial charge in [-0.3, -0.25) is 9.69 Å². The minimum Gasteiger partial charge on any atom is -0.464 e. The molecule has 1 aliphatic carbocycles. The molecule has 1 aliphatic heterocycles. The number of carbonyl (C=O) groups is 2. The molecule has 1 N–H and O–H groups in total. The summed E-state index contributed by atoms with van der Waals surface area (Å²) in [5.41, 5.74) is 0.739. The van der Waals surface area contributed by atoms with Crippen LogP contribution >= 0.6 is 12.2 Å². The number of benzene rings is 1. The maximum Gasteiger partial charge on any atom is 0.408 e. The highest BCUT2D eigenvalue weighted by molar-refractivity contribution is 7.80. The van der Waals surface area contributed by atoms with E-state index in [-0.39, 0.29) is 24.7 Å². The smallest absolute Gasteiger partial charge is 0.408 e. The highest BCUT2D eigenvalue weighted by Crippen LogP contribution is 2.29. The predicted molar refractivity (Wildman–Crippen MR) is 160 cm³/mol. The fourth-order valence-corrected chi connectivity index (χ4v) is 6.19. The molecule has 0 bridgehead atoms. The molecule has 7 nitrogen and oxygen atoms in total. The average molecular weight is 560 g/mol. The Balaban J connectivity index is 1.69. The Bertz CT molecular complexity index is 906. The largest absolute Gasteiger partial charge is 0.464 e. The van der Waals surface area contributed by atoms with Crippen molar-refractivity contribution in [2.24, 2.45) is 5.92 Å². The van der Waals surface area contributed by atoms with E-state index < -0.39 is 11.7 Å². The van der Waals surface area contributed by atoms with Crippen LogP contribution in [0, 0.1) is 5.92 Å². The van der Waals surface area contributed by atoms with Gasteiger partial charge >= 0.3 is 12.1 Å². The molecule has 1 saturated carbocycles. The van der Waals surface area contributed by atoms with Gasteiger partial charge in [0.05, 0.1) is 12.6 Å². The van der Waals surface area contributed by atoms with Crippen LogP contribution in [0.2, 0.25) is 0 Å². The second-order valence-corrected chi connectivity index (χ2v) is 12.6. The normalized spacial score (nSPS) is 18.3. The molecular weight excluding hydrogens is 510 g/mol. The van der Waals surface area contributed by atoms with Crippen molar-refractivity contribution in [2.45, 2.75) is 110 Å². The molecule has 1 atom stereocenters. The molecule has 0 spiro atoms. The Morgan fingerprint density at radius 3 is 2.36 bits per heavy atom.